The number of aliphatic carboxylic acids is 1. The van der Waals surface area contributed by atoms with Gasteiger partial charge in [0.25, 0.3) is 0 Å². The third kappa shape index (κ3) is 4.41. The zero-order chi connectivity index (χ0) is 16.2. The zero-order valence-electron chi connectivity index (χ0n) is 11.5. The standard InChI is InChI=1S/C15H14FO5P/c16-13-7-3-1-6-12(13)10-22(19,20)21-14-8-4-2-5-11(14)9-15(17)18/h1-8H,9-10H2,(H,17,18)(H,19,20). The van der Waals surface area contributed by atoms with E-state index in [1.54, 1.807) is 18.2 Å². The molecule has 5 nitrogen and oxygen atoms in total. The second kappa shape index (κ2) is 6.73. The van der Waals surface area contributed by atoms with Crippen LogP contribution in [0.2, 0.25) is 0 Å². The SMILES string of the molecule is O=C(O)Cc1ccccc1OP(=O)(O)Cc1ccccc1F. The molecule has 0 bridgehead atoms. The molecular formula is C15H14FO5P. The van der Waals surface area contributed by atoms with E-state index in [1.165, 1.54) is 30.3 Å². The highest BCUT2D eigenvalue weighted by Gasteiger charge is 2.25. The number of rotatable bonds is 6. The minimum atomic E-state index is -4.17. The quantitative estimate of drug-likeness (QED) is 0.797. The molecule has 0 spiro atoms. The lowest BCUT2D eigenvalue weighted by molar-refractivity contribution is -0.136. The van der Waals surface area contributed by atoms with Crippen LogP contribution in [-0.4, -0.2) is 16.0 Å². The molecule has 2 aromatic carbocycles. The summed E-state index contributed by atoms with van der Waals surface area (Å²) in [6.45, 7) is 0. The molecule has 0 saturated carbocycles. The summed E-state index contributed by atoms with van der Waals surface area (Å²) >= 11 is 0. The van der Waals surface area contributed by atoms with Crippen LogP contribution in [0.25, 0.3) is 0 Å². The van der Waals surface area contributed by atoms with Crippen molar-refractivity contribution >= 4 is 13.6 Å². The summed E-state index contributed by atoms with van der Waals surface area (Å²) < 4.78 is 30.8. The average molecular weight is 324 g/mol. The van der Waals surface area contributed by atoms with Gasteiger partial charge in [-0.25, -0.2) is 8.96 Å². The molecule has 1 unspecified atom stereocenters. The van der Waals surface area contributed by atoms with Crippen molar-refractivity contribution in [1.29, 1.82) is 0 Å². The Morgan fingerprint density at radius 3 is 2.32 bits per heavy atom. The highest BCUT2D eigenvalue weighted by Crippen LogP contribution is 2.47. The van der Waals surface area contributed by atoms with Crippen LogP contribution in [0.3, 0.4) is 0 Å². The molecule has 22 heavy (non-hydrogen) atoms. The Morgan fingerprint density at radius 2 is 1.68 bits per heavy atom. The second-order valence-corrected chi connectivity index (χ2v) is 6.43. The summed E-state index contributed by atoms with van der Waals surface area (Å²) in [4.78, 5) is 20.7. The van der Waals surface area contributed by atoms with Crippen LogP contribution in [0.4, 0.5) is 4.39 Å². The van der Waals surface area contributed by atoms with Crippen molar-refractivity contribution in [3.05, 3.63) is 65.5 Å². The minimum Gasteiger partial charge on any atom is -0.481 e. The van der Waals surface area contributed by atoms with E-state index in [0.29, 0.717) is 0 Å². The predicted octanol–water partition coefficient (Wildman–Crippen LogP) is 3.22. The lowest BCUT2D eigenvalue weighted by atomic mass is 10.1. The van der Waals surface area contributed by atoms with Crippen molar-refractivity contribution in [2.24, 2.45) is 0 Å². The maximum atomic E-state index is 13.5. The second-order valence-electron chi connectivity index (χ2n) is 4.66. The Bertz CT molecular complexity index is 731. The van der Waals surface area contributed by atoms with Gasteiger partial charge in [0.05, 0.1) is 12.6 Å². The van der Waals surface area contributed by atoms with Crippen molar-refractivity contribution in [3.8, 4) is 5.75 Å². The van der Waals surface area contributed by atoms with Gasteiger partial charge in [0.1, 0.15) is 11.6 Å². The Balaban J connectivity index is 2.20. The van der Waals surface area contributed by atoms with Gasteiger partial charge in [-0.3, -0.25) is 4.79 Å². The summed E-state index contributed by atoms with van der Waals surface area (Å²) in [7, 11) is -4.17. The molecular weight excluding hydrogens is 310 g/mol. The van der Waals surface area contributed by atoms with E-state index in [9.17, 15) is 18.6 Å². The van der Waals surface area contributed by atoms with E-state index < -0.39 is 25.5 Å². The van der Waals surface area contributed by atoms with Crippen LogP contribution >= 0.6 is 7.60 Å². The van der Waals surface area contributed by atoms with Crippen molar-refractivity contribution in [2.45, 2.75) is 12.6 Å². The fraction of sp³-hybridized carbons (Fsp3) is 0.133. The van der Waals surface area contributed by atoms with Crippen LogP contribution in [0.5, 0.6) is 5.75 Å². The molecule has 2 aromatic rings. The monoisotopic (exact) mass is 324 g/mol. The minimum absolute atomic E-state index is 0.00655. The number of benzene rings is 2. The molecule has 0 saturated heterocycles. The topological polar surface area (TPSA) is 83.8 Å². The maximum Gasteiger partial charge on any atom is 0.381 e. The van der Waals surface area contributed by atoms with Crippen LogP contribution in [0.15, 0.2) is 48.5 Å². The van der Waals surface area contributed by atoms with Gasteiger partial charge < -0.3 is 14.5 Å². The molecule has 7 heteroatoms. The number of carboxylic acids is 1. The van der Waals surface area contributed by atoms with Crippen LogP contribution in [0, 0.1) is 5.82 Å². The van der Waals surface area contributed by atoms with Gasteiger partial charge in [0, 0.05) is 11.1 Å². The lowest BCUT2D eigenvalue weighted by Gasteiger charge is -2.16. The largest absolute Gasteiger partial charge is 0.481 e. The average Bonchev–Trinajstić information content (AvgIpc) is 2.42. The highest BCUT2D eigenvalue weighted by molar-refractivity contribution is 7.52. The van der Waals surface area contributed by atoms with Gasteiger partial charge in [-0.15, -0.1) is 0 Å². The fourth-order valence-electron chi connectivity index (χ4n) is 1.93. The van der Waals surface area contributed by atoms with E-state index >= 15 is 0 Å². The fourth-order valence-corrected chi connectivity index (χ4v) is 3.17. The number of hydrogen-bond acceptors (Lipinski definition) is 3. The van der Waals surface area contributed by atoms with Gasteiger partial charge in [0.2, 0.25) is 0 Å². The first-order valence-corrected chi connectivity index (χ1v) is 8.18. The summed E-state index contributed by atoms with van der Waals surface area (Å²) in [5.74, 6) is -1.68. The van der Waals surface area contributed by atoms with E-state index in [-0.39, 0.29) is 23.3 Å². The zero-order valence-corrected chi connectivity index (χ0v) is 12.4. The summed E-state index contributed by atoms with van der Waals surface area (Å²) in [6, 6.07) is 11.7. The number of para-hydroxylation sites is 1. The van der Waals surface area contributed by atoms with E-state index in [0.717, 1.165) is 0 Å². The van der Waals surface area contributed by atoms with Crippen LogP contribution < -0.4 is 4.52 Å². The number of halogens is 1. The third-order valence-electron chi connectivity index (χ3n) is 2.88. The summed E-state index contributed by atoms with van der Waals surface area (Å²) in [6.07, 6.45) is -0.836. The molecule has 2 N–H and O–H groups in total. The van der Waals surface area contributed by atoms with Crippen molar-refractivity contribution in [1.82, 2.24) is 0 Å². The summed E-state index contributed by atoms with van der Waals surface area (Å²) in [5.41, 5.74) is 0.335. The number of carbonyl (C=O) groups is 1. The van der Waals surface area contributed by atoms with Gasteiger partial charge in [-0.1, -0.05) is 36.4 Å². The molecule has 0 radical (unpaired) electrons. The Morgan fingerprint density at radius 1 is 1.09 bits per heavy atom. The Kier molecular flexibility index (Phi) is 4.96. The van der Waals surface area contributed by atoms with Gasteiger partial charge >= 0.3 is 13.6 Å². The number of carboxylic acid groups (broad SMARTS) is 1. The first kappa shape index (κ1) is 16.2. The molecule has 0 aromatic heterocycles. The van der Waals surface area contributed by atoms with Gasteiger partial charge in [-0.2, -0.15) is 0 Å². The predicted molar refractivity (Wildman–Crippen MR) is 78.3 cm³/mol. The maximum absolute atomic E-state index is 13.5. The molecule has 0 aliphatic carbocycles. The van der Waals surface area contributed by atoms with Crippen LogP contribution in [0.1, 0.15) is 11.1 Å². The smallest absolute Gasteiger partial charge is 0.381 e. The van der Waals surface area contributed by atoms with Crippen molar-refractivity contribution in [2.75, 3.05) is 0 Å². The molecule has 0 heterocycles. The van der Waals surface area contributed by atoms with Crippen molar-refractivity contribution < 1.29 is 28.3 Å². The third-order valence-corrected chi connectivity index (χ3v) is 4.11. The molecule has 0 amide bonds. The van der Waals surface area contributed by atoms with E-state index in [2.05, 4.69) is 0 Å². The Labute approximate surface area is 126 Å². The van der Waals surface area contributed by atoms with Crippen LogP contribution in [-0.2, 0) is 21.9 Å². The number of hydrogen-bond donors (Lipinski definition) is 2. The first-order chi connectivity index (χ1) is 10.4. The van der Waals surface area contributed by atoms with Gasteiger partial charge in [-0.05, 0) is 12.1 Å². The van der Waals surface area contributed by atoms with E-state index in [4.69, 9.17) is 9.63 Å². The molecule has 1 atom stereocenters. The molecule has 2 rings (SSSR count). The highest BCUT2D eigenvalue weighted by atomic mass is 31.2. The molecule has 0 aliphatic rings. The molecule has 116 valence electrons. The normalized spacial score (nSPS) is 13.4. The van der Waals surface area contributed by atoms with Gasteiger partial charge in [0.15, 0.2) is 0 Å². The summed E-state index contributed by atoms with van der Waals surface area (Å²) in [5, 5.41) is 8.82. The first-order valence-electron chi connectivity index (χ1n) is 6.42. The van der Waals surface area contributed by atoms with Crippen molar-refractivity contribution in [3.63, 3.8) is 0 Å². The van der Waals surface area contributed by atoms with E-state index in [1.807, 2.05) is 0 Å². The lowest BCUT2D eigenvalue weighted by Crippen LogP contribution is -2.04. The Hall–Kier alpha value is -2.17. The molecule has 0 aliphatic heterocycles. The molecule has 0 fully saturated rings.